The maximum Gasteiger partial charge on any atom is 0.226 e. The number of aryl methyl sites for hydroxylation is 1. The van der Waals surface area contributed by atoms with Crippen LogP contribution in [0, 0.1) is 12.3 Å². The number of amides is 1. The van der Waals surface area contributed by atoms with Crippen LogP contribution in [0.5, 0.6) is 0 Å². The van der Waals surface area contributed by atoms with Crippen molar-refractivity contribution in [2.24, 2.45) is 5.41 Å². The highest BCUT2D eigenvalue weighted by Crippen LogP contribution is 2.49. The Balaban J connectivity index is 2.01. The predicted molar refractivity (Wildman–Crippen MR) is 72.2 cm³/mol. The maximum atomic E-state index is 12.1. The fourth-order valence-electron chi connectivity index (χ4n) is 2.35. The number of nitrogens with one attached hydrogen (secondary N) is 1. The van der Waals surface area contributed by atoms with Crippen molar-refractivity contribution in [3.05, 3.63) is 29.6 Å². The van der Waals surface area contributed by atoms with Gasteiger partial charge in [-0.2, -0.15) is 0 Å². The van der Waals surface area contributed by atoms with E-state index in [0.717, 1.165) is 24.1 Å². The molecule has 1 aromatic rings. The van der Waals surface area contributed by atoms with Gasteiger partial charge in [0, 0.05) is 11.7 Å². The van der Waals surface area contributed by atoms with E-state index in [1.807, 2.05) is 19.1 Å². The Hall–Kier alpha value is -1.38. The van der Waals surface area contributed by atoms with Crippen LogP contribution in [0.4, 0.5) is 0 Å². The van der Waals surface area contributed by atoms with Crippen molar-refractivity contribution in [3.8, 4) is 0 Å². The number of hydrogen-bond donors (Lipinski definition) is 1. The zero-order valence-electron chi connectivity index (χ0n) is 11.7. The summed E-state index contributed by atoms with van der Waals surface area (Å²) in [7, 11) is 0. The molecule has 1 N–H and O–H groups in total. The van der Waals surface area contributed by atoms with E-state index in [0.29, 0.717) is 6.42 Å². The maximum absolute atomic E-state index is 12.1. The molecule has 1 amide bonds. The van der Waals surface area contributed by atoms with E-state index in [-0.39, 0.29) is 16.9 Å². The van der Waals surface area contributed by atoms with E-state index in [2.05, 4.69) is 31.1 Å². The monoisotopic (exact) mass is 246 g/mol. The standard InChI is InChI=1S/C15H22N2O/c1-11-6-5-9-16-12(11)10-13(18)17-15(7-8-15)14(2,3)4/h5-6,9H,7-8,10H2,1-4H3,(H,17,18). The zero-order chi connectivity index (χ0) is 13.4. The molecule has 0 atom stereocenters. The van der Waals surface area contributed by atoms with Crippen LogP contribution < -0.4 is 5.32 Å². The van der Waals surface area contributed by atoms with Crippen LogP contribution in [0.15, 0.2) is 18.3 Å². The number of pyridine rings is 1. The minimum atomic E-state index is 0.00671. The van der Waals surface area contributed by atoms with Crippen molar-refractivity contribution >= 4 is 5.91 Å². The molecule has 0 bridgehead atoms. The molecule has 0 unspecified atom stereocenters. The Kier molecular flexibility index (Phi) is 3.18. The van der Waals surface area contributed by atoms with E-state index in [1.54, 1.807) is 6.20 Å². The number of rotatable bonds is 3. The Morgan fingerprint density at radius 2 is 2.11 bits per heavy atom. The first-order valence-corrected chi connectivity index (χ1v) is 6.56. The molecule has 3 nitrogen and oxygen atoms in total. The van der Waals surface area contributed by atoms with Crippen molar-refractivity contribution in [1.29, 1.82) is 0 Å². The van der Waals surface area contributed by atoms with Crippen molar-refractivity contribution in [3.63, 3.8) is 0 Å². The van der Waals surface area contributed by atoms with Gasteiger partial charge >= 0.3 is 0 Å². The van der Waals surface area contributed by atoms with E-state index >= 15 is 0 Å². The third-order valence-corrected chi connectivity index (χ3v) is 4.01. The van der Waals surface area contributed by atoms with E-state index in [9.17, 15) is 4.79 Å². The molecule has 18 heavy (non-hydrogen) atoms. The molecule has 1 aliphatic carbocycles. The molecule has 1 aliphatic rings. The summed E-state index contributed by atoms with van der Waals surface area (Å²) in [6.45, 7) is 8.55. The molecule has 2 rings (SSSR count). The molecule has 98 valence electrons. The van der Waals surface area contributed by atoms with Gasteiger partial charge in [-0.25, -0.2) is 0 Å². The summed E-state index contributed by atoms with van der Waals surface area (Å²) in [5.74, 6) is 0.0872. The number of aromatic nitrogens is 1. The van der Waals surface area contributed by atoms with Crippen molar-refractivity contribution in [1.82, 2.24) is 10.3 Å². The second-order valence-electron chi connectivity index (χ2n) is 6.32. The van der Waals surface area contributed by atoms with E-state index in [1.165, 1.54) is 0 Å². The van der Waals surface area contributed by atoms with Gasteiger partial charge in [0.1, 0.15) is 0 Å². The summed E-state index contributed by atoms with van der Waals surface area (Å²) >= 11 is 0. The molecule has 1 fully saturated rings. The third-order valence-electron chi connectivity index (χ3n) is 4.01. The number of carbonyl (C=O) groups is 1. The first kappa shape index (κ1) is 13.1. The summed E-state index contributed by atoms with van der Waals surface area (Å²) < 4.78 is 0. The highest BCUT2D eigenvalue weighted by atomic mass is 16.1. The van der Waals surface area contributed by atoms with Crippen molar-refractivity contribution in [2.45, 2.75) is 52.5 Å². The lowest BCUT2D eigenvalue weighted by atomic mass is 9.84. The highest BCUT2D eigenvalue weighted by Gasteiger charge is 2.52. The second-order valence-corrected chi connectivity index (χ2v) is 6.32. The van der Waals surface area contributed by atoms with Gasteiger partial charge in [0.25, 0.3) is 0 Å². The molecular weight excluding hydrogens is 224 g/mol. The largest absolute Gasteiger partial charge is 0.350 e. The van der Waals surface area contributed by atoms with Crippen molar-refractivity contribution < 1.29 is 4.79 Å². The molecule has 1 saturated carbocycles. The summed E-state index contributed by atoms with van der Waals surface area (Å²) in [6, 6.07) is 3.89. The molecule has 0 saturated heterocycles. The Morgan fingerprint density at radius 1 is 1.44 bits per heavy atom. The normalized spacial score (nSPS) is 17.3. The molecule has 0 aromatic carbocycles. The van der Waals surface area contributed by atoms with Gasteiger partial charge in [-0.05, 0) is 36.8 Å². The molecular formula is C15H22N2O. The number of nitrogens with zero attached hydrogens (tertiary/aromatic N) is 1. The number of carbonyl (C=O) groups excluding carboxylic acids is 1. The van der Waals surface area contributed by atoms with Gasteiger partial charge in [-0.15, -0.1) is 0 Å². The van der Waals surface area contributed by atoms with Gasteiger partial charge in [0.2, 0.25) is 5.91 Å². The van der Waals surface area contributed by atoms with E-state index in [4.69, 9.17) is 0 Å². The van der Waals surface area contributed by atoms with Crippen LogP contribution in [0.1, 0.15) is 44.9 Å². The molecule has 1 heterocycles. The van der Waals surface area contributed by atoms with Gasteiger partial charge in [-0.3, -0.25) is 9.78 Å². The fraction of sp³-hybridized carbons (Fsp3) is 0.600. The van der Waals surface area contributed by atoms with Gasteiger partial charge in [0.15, 0.2) is 0 Å². The van der Waals surface area contributed by atoms with Crippen molar-refractivity contribution in [2.75, 3.05) is 0 Å². The first-order valence-electron chi connectivity index (χ1n) is 6.56. The minimum absolute atomic E-state index is 0.00671. The molecule has 3 heteroatoms. The number of hydrogen-bond acceptors (Lipinski definition) is 2. The van der Waals surface area contributed by atoms with Crippen LogP contribution in [-0.4, -0.2) is 16.4 Å². The Bertz CT molecular complexity index is 456. The van der Waals surface area contributed by atoms with Crippen LogP contribution in [0.2, 0.25) is 0 Å². The Morgan fingerprint density at radius 3 is 2.61 bits per heavy atom. The minimum Gasteiger partial charge on any atom is -0.350 e. The fourth-order valence-corrected chi connectivity index (χ4v) is 2.35. The van der Waals surface area contributed by atoms with Crippen LogP contribution in [0.3, 0.4) is 0 Å². The van der Waals surface area contributed by atoms with Crippen LogP contribution >= 0.6 is 0 Å². The summed E-state index contributed by atoms with van der Waals surface area (Å²) in [4.78, 5) is 16.4. The topological polar surface area (TPSA) is 42.0 Å². The molecule has 0 radical (unpaired) electrons. The third kappa shape index (κ3) is 2.55. The predicted octanol–water partition coefficient (Wildman–Crippen LogP) is 2.63. The average Bonchev–Trinajstić information content (AvgIpc) is 3.01. The summed E-state index contributed by atoms with van der Waals surface area (Å²) in [5, 5.41) is 3.20. The van der Waals surface area contributed by atoms with E-state index < -0.39 is 0 Å². The SMILES string of the molecule is Cc1cccnc1CC(=O)NC1(C(C)(C)C)CC1. The Labute approximate surface area is 109 Å². The smallest absolute Gasteiger partial charge is 0.226 e. The second kappa shape index (κ2) is 4.38. The lowest BCUT2D eigenvalue weighted by Gasteiger charge is -2.31. The quantitative estimate of drug-likeness (QED) is 0.890. The van der Waals surface area contributed by atoms with Gasteiger partial charge in [0.05, 0.1) is 12.1 Å². The molecule has 0 aliphatic heterocycles. The summed E-state index contributed by atoms with van der Waals surface area (Å²) in [5.41, 5.74) is 2.09. The zero-order valence-corrected chi connectivity index (χ0v) is 11.7. The van der Waals surface area contributed by atoms with Crippen LogP contribution in [0.25, 0.3) is 0 Å². The first-order chi connectivity index (χ1) is 8.34. The molecule has 1 aromatic heterocycles. The van der Waals surface area contributed by atoms with Gasteiger partial charge < -0.3 is 5.32 Å². The van der Waals surface area contributed by atoms with Crippen LogP contribution in [-0.2, 0) is 11.2 Å². The highest BCUT2D eigenvalue weighted by molar-refractivity contribution is 5.79. The lowest BCUT2D eigenvalue weighted by Crippen LogP contribution is -2.46. The average molecular weight is 246 g/mol. The van der Waals surface area contributed by atoms with Gasteiger partial charge in [-0.1, -0.05) is 26.8 Å². The summed E-state index contributed by atoms with van der Waals surface area (Å²) in [6.07, 6.45) is 4.30. The molecule has 0 spiro atoms. The lowest BCUT2D eigenvalue weighted by molar-refractivity contribution is -0.122.